The summed E-state index contributed by atoms with van der Waals surface area (Å²) < 4.78 is 10.3. The van der Waals surface area contributed by atoms with Gasteiger partial charge >= 0.3 is 0 Å². The highest BCUT2D eigenvalue weighted by Gasteiger charge is 2.21. The highest BCUT2D eigenvalue weighted by molar-refractivity contribution is 6.48. The maximum atomic E-state index is 12.5. The van der Waals surface area contributed by atoms with E-state index >= 15 is 0 Å². The van der Waals surface area contributed by atoms with Crippen LogP contribution in [0.1, 0.15) is 10.4 Å². The van der Waals surface area contributed by atoms with Gasteiger partial charge in [-0.3, -0.25) is 9.59 Å². The van der Waals surface area contributed by atoms with Gasteiger partial charge in [0.15, 0.2) is 0 Å². The van der Waals surface area contributed by atoms with Gasteiger partial charge in [-0.1, -0.05) is 12.1 Å². The van der Waals surface area contributed by atoms with Gasteiger partial charge in [0.2, 0.25) is 0 Å². The maximum absolute atomic E-state index is 12.5. The van der Waals surface area contributed by atoms with Crippen molar-refractivity contribution in [2.75, 3.05) is 19.5 Å². The zero-order valence-electron chi connectivity index (χ0n) is 13.3. The average molecular weight is 324 g/mol. The van der Waals surface area contributed by atoms with Gasteiger partial charge < -0.3 is 19.8 Å². The van der Waals surface area contributed by atoms with Crippen molar-refractivity contribution in [1.82, 2.24) is 4.98 Å². The Hall–Kier alpha value is -3.28. The number of para-hydroxylation sites is 2. The van der Waals surface area contributed by atoms with Crippen molar-refractivity contribution in [2.45, 2.75) is 0 Å². The normalized spacial score (nSPS) is 10.4. The van der Waals surface area contributed by atoms with E-state index in [1.807, 2.05) is 0 Å². The molecule has 3 aromatic rings. The molecule has 1 amide bonds. The molecule has 0 aliphatic rings. The van der Waals surface area contributed by atoms with Crippen LogP contribution in [-0.4, -0.2) is 30.9 Å². The minimum absolute atomic E-state index is 0.288. The fraction of sp³-hybridized carbons (Fsp3) is 0.111. The summed E-state index contributed by atoms with van der Waals surface area (Å²) in [5, 5.41) is 3.22. The van der Waals surface area contributed by atoms with Crippen molar-refractivity contribution < 1.29 is 19.1 Å². The van der Waals surface area contributed by atoms with Crippen LogP contribution in [0.5, 0.6) is 11.5 Å². The van der Waals surface area contributed by atoms with Crippen LogP contribution >= 0.6 is 0 Å². The number of methoxy groups -OCH3 is 2. The summed E-state index contributed by atoms with van der Waals surface area (Å²) in [6, 6.07) is 12.2. The van der Waals surface area contributed by atoms with Crippen LogP contribution < -0.4 is 14.8 Å². The first-order valence-corrected chi connectivity index (χ1v) is 7.28. The number of fused-ring (bicyclic) bond motifs is 1. The number of carbonyl (C=O) groups excluding carboxylic acids is 2. The SMILES string of the molecule is COc1ccc2[nH]cc(C(=O)C(=O)Nc3ccccc3OC)c2c1. The molecule has 2 N–H and O–H groups in total. The molecule has 6 heteroatoms. The molecule has 122 valence electrons. The molecule has 1 aromatic heterocycles. The monoisotopic (exact) mass is 324 g/mol. The van der Waals surface area contributed by atoms with Crippen molar-refractivity contribution in [1.29, 1.82) is 0 Å². The van der Waals surface area contributed by atoms with Gasteiger partial charge in [0.1, 0.15) is 11.5 Å². The first-order valence-electron chi connectivity index (χ1n) is 7.28. The lowest BCUT2D eigenvalue weighted by atomic mass is 10.1. The molecule has 0 radical (unpaired) electrons. The lowest BCUT2D eigenvalue weighted by Crippen LogP contribution is -2.23. The van der Waals surface area contributed by atoms with Crippen LogP contribution in [0, 0.1) is 0 Å². The Balaban J connectivity index is 1.90. The predicted octanol–water partition coefficient (Wildman–Crippen LogP) is 3.01. The molecule has 0 saturated heterocycles. The third-order valence-electron chi connectivity index (χ3n) is 3.69. The summed E-state index contributed by atoms with van der Waals surface area (Å²) in [6.07, 6.45) is 1.52. The number of benzene rings is 2. The largest absolute Gasteiger partial charge is 0.497 e. The quantitative estimate of drug-likeness (QED) is 0.558. The molecule has 0 aliphatic heterocycles. The van der Waals surface area contributed by atoms with E-state index in [4.69, 9.17) is 9.47 Å². The fourth-order valence-electron chi connectivity index (χ4n) is 2.46. The minimum Gasteiger partial charge on any atom is -0.497 e. The number of hydrogen-bond acceptors (Lipinski definition) is 4. The summed E-state index contributed by atoms with van der Waals surface area (Å²) in [6.45, 7) is 0. The summed E-state index contributed by atoms with van der Waals surface area (Å²) >= 11 is 0. The van der Waals surface area contributed by atoms with E-state index in [9.17, 15) is 9.59 Å². The molecular weight excluding hydrogens is 308 g/mol. The van der Waals surface area contributed by atoms with Crippen molar-refractivity contribution in [3.05, 3.63) is 54.2 Å². The first-order chi connectivity index (χ1) is 11.6. The van der Waals surface area contributed by atoms with E-state index in [-0.39, 0.29) is 5.56 Å². The number of aromatic amines is 1. The van der Waals surface area contributed by atoms with E-state index in [0.29, 0.717) is 22.6 Å². The second kappa shape index (κ2) is 6.45. The molecule has 24 heavy (non-hydrogen) atoms. The number of ether oxygens (including phenoxy) is 2. The number of Topliss-reactive ketones (excluding diaryl/α,β-unsaturated/α-hetero) is 1. The van der Waals surface area contributed by atoms with Crippen LogP contribution in [0.3, 0.4) is 0 Å². The number of carbonyl (C=O) groups is 2. The molecule has 0 aliphatic carbocycles. The predicted molar refractivity (Wildman–Crippen MR) is 90.8 cm³/mol. The molecule has 6 nitrogen and oxygen atoms in total. The standard InChI is InChI=1S/C18H16N2O4/c1-23-11-7-8-14-12(9-11)13(10-19-14)17(21)18(22)20-15-5-3-4-6-16(15)24-2/h3-10,19H,1-2H3,(H,20,22). The average Bonchev–Trinajstić information content (AvgIpc) is 3.04. The Morgan fingerprint density at radius 3 is 2.58 bits per heavy atom. The van der Waals surface area contributed by atoms with E-state index in [2.05, 4.69) is 10.3 Å². The number of hydrogen-bond donors (Lipinski definition) is 2. The Bertz CT molecular complexity index is 914. The van der Waals surface area contributed by atoms with Gasteiger partial charge in [-0.25, -0.2) is 0 Å². The van der Waals surface area contributed by atoms with Crippen molar-refractivity contribution >= 4 is 28.3 Å². The van der Waals surface area contributed by atoms with Gasteiger partial charge in [0.05, 0.1) is 25.5 Å². The zero-order chi connectivity index (χ0) is 17.1. The van der Waals surface area contributed by atoms with Crippen LogP contribution in [0.4, 0.5) is 5.69 Å². The van der Waals surface area contributed by atoms with Crippen LogP contribution in [0.2, 0.25) is 0 Å². The van der Waals surface area contributed by atoms with Gasteiger partial charge in [-0.2, -0.15) is 0 Å². The summed E-state index contributed by atoms with van der Waals surface area (Å²) in [7, 11) is 3.04. The number of nitrogens with one attached hydrogen (secondary N) is 2. The van der Waals surface area contributed by atoms with E-state index in [1.54, 1.807) is 49.6 Å². The Morgan fingerprint density at radius 2 is 1.83 bits per heavy atom. The molecule has 0 unspecified atom stereocenters. The van der Waals surface area contributed by atoms with Gasteiger partial charge in [0, 0.05) is 17.1 Å². The highest BCUT2D eigenvalue weighted by atomic mass is 16.5. The molecule has 1 heterocycles. The number of rotatable bonds is 5. The minimum atomic E-state index is -0.733. The zero-order valence-corrected chi connectivity index (χ0v) is 13.3. The molecule has 0 fully saturated rings. The molecule has 0 atom stereocenters. The Morgan fingerprint density at radius 1 is 1.04 bits per heavy atom. The number of H-pyrrole nitrogens is 1. The first kappa shape index (κ1) is 15.6. The molecule has 0 spiro atoms. The number of anilines is 1. The fourth-order valence-corrected chi connectivity index (χ4v) is 2.46. The lowest BCUT2D eigenvalue weighted by Gasteiger charge is -2.09. The van der Waals surface area contributed by atoms with Crippen LogP contribution in [-0.2, 0) is 4.79 Å². The van der Waals surface area contributed by atoms with E-state index in [1.165, 1.54) is 13.3 Å². The molecule has 3 rings (SSSR count). The summed E-state index contributed by atoms with van der Waals surface area (Å²) in [5.74, 6) is -0.274. The number of aromatic nitrogens is 1. The van der Waals surface area contributed by atoms with Crippen molar-refractivity contribution in [3.63, 3.8) is 0 Å². The number of amides is 1. The molecular formula is C18H16N2O4. The van der Waals surface area contributed by atoms with Gasteiger partial charge in [-0.05, 0) is 30.3 Å². The third kappa shape index (κ3) is 2.81. The molecule has 0 bridgehead atoms. The Kier molecular flexibility index (Phi) is 4.20. The summed E-state index contributed by atoms with van der Waals surface area (Å²) in [5.41, 5.74) is 1.48. The maximum Gasteiger partial charge on any atom is 0.296 e. The lowest BCUT2D eigenvalue weighted by molar-refractivity contribution is -0.112. The molecule has 2 aromatic carbocycles. The molecule has 0 saturated carbocycles. The van der Waals surface area contributed by atoms with Crippen molar-refractivity contribution in [2.24, 2.45) is 0 Å². The van der Waals surface area contributed by atoms with Crippen LogP contribution in [0.25, 0.3) is 10.9 Å². The summed E-state index contributed by atoms with van der Waals surface area (Å²) in [4.78, 5) is 27.8. The highest BCUT2D eigenvalue weighted by Crippen LogP contribution is 2.26. The van der Waals surface area contributed by atoms with E-state index in [0.717, 1.165) is 5.52 Å². The second-order valence-electron chi connectivity index (χ2n) is 5.10. The number of ketones is 1. The van der Waals surface area contributed by atoms with Gasteiger partial charge in [-0.15, -0.1) is 0 Å². The van der Waals surface area contributed by atoms with Gasteiger partial charge in [0.25, 0.3) is 11.7 Å². The smallest absolute Gasteiger partial charge is 0.296 e. The Labute approximate surface area is 138 Å². The van der Waals surface area contributed by atoms with Crippen molar-refractivity contribution in [3.8, 4) is 11.5 Å². The van der Waals surface area contributed by atoms with Crippen LogP contribution in [0.15, 0.2) is 48.7 Å². The second-order valence-corrected chi connectivity index (χ2v) is 5.10. The topological polar surface area (TPSA) is 80.4 Å². The van der Waals surface area contributed by atoms with E-state index < -0.39 is 11.7 Å². The third-order valence-corrected chi connectivity index (χ3v) is 3.69.